The summed E-state index contributed by atoms with van der Waals surface area (Å²) in [6.45, 7) is 4.81. The highest BCUT2D eigenvalue weighted by atomic mass is 19.1. The zero-order valence-corrected chi connectivity index (χ0v) is 12.2. The van der Waals surface area contributed by atoms with E-state index in [-0.39, 0.29) is 5.82 Å². The molecule has 1 fully saturated rings. The molecule has 2 heterocycles. The third-order valence-electron chi connectivity index (χ3n) is 3.81. The monoisotopic (exact) mass is 266 g/mol. The second-order valence-electron chi connectivity index (χ2n) is 5.58. The predicted octanol–water partition coefficient (Wildman–Crippen LogP) is 1.33. The first-order valence-corrected chi connectivity index (χ1v) is 6.73. The van der Waals surface area contributed by atoms with Crippen molar-refractivity contribution >= 4 is 5.82 Å². The van der Waals surface area contributed by atoms with Crippen molar-refractivity contribution in [2.75, 3.05) is 39.1 Å². The number of rotatable bonds is 4. The van der Waals surface area contributed by atoms with E-state index < -0.39 is 0 Å². The van der Waals surface area contributed by atoms with Crippen LogP contribution in [0.15, 0.2) is 12.3 Å². The van der Waals surface area contributed by atoms with Gasteiger partial charge >= 0.3 is 0 Å². The van der Waals surface area contributed by atoms with E-state index in [4.69, 9.17) is 0 Å². The first-order chi connectivity index (χ1) is 9.02. The van der Waals surface area contributed by atoms with Crippen molar-refractivity contribution in [2.24, 2.45) is 5.92 Å². The van der Waals surface area contributed by atoms with Crippen LogP contribution < -0.4 is 10.2 Å². The fourth-order valence-electron chi connectivity index (χ4n) is 2.87. The Morgan fingerprint density at radius 3 is 2.79 bits per heavy atom. The molecular weight excluding hydrogens is 243 g/mol. The zero-order valence-electron chi connectivity index (χ0n) is 12.2. The van der Waals surface area contributed by atoms with Crippen LogP contribution in [-0.2, 0) is 6.54 Å². The number of halogens is 1. The van der Waals surface area contributed by atoms with Gasteiger partial charge in [-0.25, -0.2) is 9.37 Å². The van der Waals surface area contributed by atoms with Gasteiger partial charge in [-0.3, -0.25) is 0 Å². The van der Waals surface area contributed by atoms with Crippen LogP contribution in [0.3, 0.4) is 0 Å². The molecule has 2 rings (SSSR count). The van der Waals surface area contributed by atoms with E-state index in [2.05, 4.69) is 41.1 Å². The van der Waals surface area contributed by atoms with Crippen molar-refractivity contribution in [3.63, 3.8) is 0 Å². The fraction of sp³-hybridized carbons (Fsp3) is 0.643. The summed E-state index contributed by atoms with van der Waals surface area (Å²) in [5.41, 5.74) is 0.925. The molecule has 0 bridgehead atoms. The van der Waals surface area contributed by atoms with Crippen LogP contribution in [0, 0.1) is 11.7 Å². The molecule has 106 valence electrons. The summed E-state index contributed by atoms with van der Waals surface area (Å²) in [5, 5.41) is 3.08. The second-order valence-corrected chi connectivity index (χ2v) is 5.58. The normalized spacial score (nSPS) is 23.4. The molecule has 0 aliphatic carbocycles. The Kier molecular flexibility index (Phi) is 4.37. The Balaban J connectivity index is 2.23. The lowest BCUT2D eigenvalue weighted by Crippen LogP contribution is -2.34. The van der Waals surface area contributed by atoms with Crippen LogP contribution in [-0.4, -0.2) is 50.2 Å². The minimum absolute atomic E-state index is 0.273. The number of pyridine rings is 1. The van der Waals surface area contributed by atoms with Gasteiger partial charge in [0.05, 0.1) is 6.20 Å². The minimum Gasteiger partial charge on any atom is -0.354 e. The Morgan fingerprint density at radius 2 is 2.21 bits per heavy atom. The summed E-state index contributed by atoms with van der Waals surface area (Å²) in [6.07, 6.45) is 1.31. The van der Waals surface area contributed by atoms with E-state index in [1.54, 1.807) is 6.07 Å². The topological polar surface area (TPSA) is 31.4 Å². The number of hydrogen-bond donors (Lipinski definition) is 1. The Labute approximate surface area is 114 Å². The van der Waals surface area contributed by atoms with Crippen molar-refractivity contribution < 1.29 is 4.39 Å². The molecule has 1 aliphatic heterocycles. The van der Waals surface area contributed by atoms with Crippen LogP contribution in [0.25, 0.3) is 0 Å². The van der Waals surface area contributed by atoms with Crippen LogP contribution in [0.2, 0.25) is 0 Å². The summed E-state index contributed by atoms with van der Waals surface area (Å²) < 4.78 is 13.3. The number of hydrogen-bond acceptors (Lipinski definition) is 4. The lowest BCUT2D eigenvalue weighted by molar-refractivity contribution is 0.266. The molecule has 2 atom stereocenters. The SMILES string of the molecule is CNCc1cc(F)cnc1N1CC(C)C(N(C)C)C1. The van der Waals surface area contributed by atoms with Crippen molar-refractivity contribution in [3.8, 4) is 0 Å². The third-order valence-corrected chi connectivity index (χ3v) is 3.81. The van der Waals surface area contributed by atoms with Gasteiger partial charge in [0, 0.05) is 31.2 Å². The lowest BCUT2D eigenvalue weighted by Gasteiger charge is -2.23. The Hall–Kier alpha value is -1.20. The van der Waals surface area contributed by atoms with Gasteiger partial charge in [-0.15, -0.1) is 0 Å². The third kappa shape index (κ3) is 3.04. The molecular formula is C14H23FN4. The Morgan fingerprint density at radius 1 is 1.47 bits per heavy atom. The van der Waals surface area contributed by atoms with Gasteiger partial charge in [0.1, 0.15) is 11.6 Å². The minimum atomic E-state index is -0.273. The van der Waals surface area contributed by atoms with Crippen molar-refractivity contribution in [1.82, 2.24) is 15.2 Å². The molecule has 1 saturated heterocycles. The quantitative estimate of drug-likeness (QED) is 0.891. The summed E-state index contributed by atoms with van der Waals surface area (Å²) in [4.78, 5) is 8.82. The van der Waals surface area contributed by atoms with Gasteiger partial charge in [-0.2, -0.15) is 0 Å². The highest BCUT2D eigenvalue weighted by Crippen LogP contribution is 2.27. The van der Waals surface area contributed by atoms with Crippen LogP contribution >= 0.6 is 0 Å². The molecule has 1 aromatic heterocycles. The average Bonchev–Trinajstić information content (AvgIpc) is 2.72. The van der Waals surface area contributed by atoms with Crippen molar-refractivity contribution in [3.05, 3.63) is 23.6 Å². The first-order valence-electron chi connectivity index (χ1n) is 6.73. The van der Waals surface area contributed by atoms with Gasteiger partial charge in [-0.1, -0.05) is 6.92 Å². The standard InChI is InChI=1S/C14H23FN4/c1-10-8-19(9-13(10)18(3)4)14-11(6-16-2)5-12(15)7-17-14/h5,7,10,13,16H,6,8-9H2,1-4H3. The van der Waals surface area contributed by atoms with Gasteiger partial charge < -0.3 is 15.1 Å². The molecule has 0 saturated carbocycles. The molecule has 1 aliphatic rings. The van der Waals surface area contributed by atoms with Gasteiger partial charge in [-0.05, 0) is 33.1 Å². The molecule has 19 heavy (non-hydrogen) atoms. The number of nitrogens with one attached hydrogen (secondary N) is 1. The van der Waals surface area contributed by atoms with Crippen LogP contribution in [0.5, 0.6) is 0 Å². The summed E-state index contributed by atoms with van der Waals surface area (Å²) in [7, 11) is 6.08. The van der Waals surface area contributed by atoms with E-state index >= 15 is 0 Å². The number of nitrogens with zero attached hydrogens (tertiary/aromatic N) is 3. The molecule has 1 N–H and O–H groups in total. The molecule has 0 spiro atoms. The molecule has 1 aromatic rings. The number of anilines is 1. The van der Waals surface area contributed by atoms with E-state index in [0.717, 1.165) is 24.5 Å². The van der Waals surface area contributed by atoms with Crippen molar-refractivity contribution in [1.29, 1.82) is 0 Å². The van der Waals surface area contributed by atoms with E-state index in [1.165, 1.54) is 6.20 Å². The maximum Gasteiger partial charge on any atom is 0.141 e. The summed E-state index contributed by atoms with van der Waals surface area (Å²) in [6, 6.07) is 2.10. The van der Waals surface area contributed by atoms with Gasteiger partial charge in [0.25, 0.3) is 0 Å². The zero-order chi connectivity index (χ0) is 14.0. The molecule has 4 nitrogen and oxygen atoms in total. The highest BCUT2D eigenvalue weighted by Gasteiger charge is 2.32. The highest BCUT2D eigenvalue weighted by molar-refractivity contribution is 5.48. The maximum absolute atomic E-state index is 13.3. The van der Waals surface area contributed by atoms with Gasteiger partial charge in [0.15, 0.2) is 0 Å². The fourth-order valence-corrected chi connectivity index (χ4v) is 2.87. The van der Waals surface area contributed by atoms with Crippen LogP contribution in [0.4, 0.5) is 10.2 Å². The summed E-state index contributed by atoms with van der Waals surface area (Å²) >= 11 is 0. The molecule has 0 radical (unpaired) electrons. The smallest absolute Gasteiger partial charge is 0.141 e. The maximum atomic E-state index is 13.3. The van der Waals surface area contributed by atoms with Gasteiger partial charge in [0.2, 0.25) is 0 Å². The van der Waals surface area contributed by atoms with E-state index in [0.29, 0.717) is 18.5 Å². The molecule has 0 aromatic carbocycles. The molecule has 0 amide bonds. The summed E-state index contributed by atoms with van der Waals surface area (Å²) in [5.74, 6) is 1.22. The van der Waals surface area contributed by atoms with E-state index in [1.807, 2.05) is 7.05 Å². The number of aromatic nitrogens is 1. The molecule has 2 unspecified atom stereocenters. The number of likely N-dealkylation sites (N-methyl/N-ethyl adjacent to an activating group) is 1. The predicted molar refractivity (Wildman–Crippen MR) is 75.8 cm³/mol. The average molecular weight is 266 g/mol. The Bertz CT molecular complexity index is 435. The lowest BCUT2D eigenvalue weighted by atomic mass is 10.1. The largest absolute Gasteiger partial charge is 0.354 e. The van der Waals surface area contributed by atoms with Crippen LogP contribution in [0.1, 0.15) is 12.5 Å². The van der Waals surface area contributed by atoms with E-state index in [9.17, 15) is 4.39 Å². The second kappa shape index (κ2) is 5.84. The first kappa shape index (κ1) is 14.2. The van der Waals surface area contributed by atoms with Crippen molar-refractivity contribution in [2.45, 2.75) is 19.5 Å². The molecule has 5 heteroatoms.